The summed E-state index contributed by atoms with van der Waals surface area (Å²) in [6, 6.07) is 9.06. The van der Waals surface area contributed by atoms with Crippen molar-refractivity contribution in [3.63, 3.8) is 0 Å². The summed E-state index contributed by atoms with van der Waals surface area (Å²) in [7, 11) is 4.40. The highest BCUT2D eigenvalue weighted by molar-refractivity contribution is 5.29. The molecule has 1 aromatic carbocycles. The molecule has 1 saturated carbocycles. The molecule has 0 bridgehead atoms. The van der Waals surface area contributed by atoms with Gasteiger partial charge < -0.3 is 10.6 Å². The summed E-state index contributed by atoms with van der Waals surface area (Å²) in [5.74, 6) is 0.844. The fourth-order valence-corrected chi connectivity index (χ4v) is 3.84. The molecule has 2 heteroatoms. The first kappa shape index (κ1) is 16.5. The van der Waals surface area contributed by atoms with Gasteiger partial charge in [0.1, 0.15) is 0 Å². The van der Waals surface area contributed by atoms with Crippen LogP contribution in [0.2, 0.25) is 0 Å². The second-order valence-corrected chi connectivity index (χ2v) is 7.15. The molecule has 2 N–H and O–H groups in total. The Labute approximate surface area is 130 Å². The van der Waals surface area contributed by atoms with E-state index in [2.05, 4.69) is 57.1 Å². The highest BCUT2D eigenvalue weighted by Crippen LogP contribution is 2.42. The molecule has 0 aliphatic heterocycles. The normalized spacial score (nSPS) is 27.8. The second-order valence-electron chi connectivity index (χ2n) is 7.15. The second kappa shape index (κ2) is 6.93. The smallest absolute Gasteiger partial charge is 0.0482 e. The van der Waals surface area contributed by atoms with Crippen LogP contribution in [0.15, 0.2) is 24.3 Å². The molecule has 1 unspecified atom stereocenters. The monoisotopic (exact) mass is 288 g/mol. The lowest BCUT2D eigenvalue weighted by Gasteiger charge is -2.48. The van der Waals surface area contributed by atoms with Gasteiger partial charge in [0, 0.05) is 11.6 Å². The summed E-state index contributed by atoms with van der Waals surface area (Å²) in [5, 5.41) is 0. The zero-order valence-corrected chi connectivity index (χ0v) is 14.2. The Kier molecular flexibility index (Phi) is 5.45. The summed E-state index contributed by atoms with van der Waals surface area (Å²) in [5.41, 5.74) is 9.63. The molecule has 1 fully saturated rings. The summed E-state index contributed by atoms with van der Waals surface area (Å²) >= 11 is 0. The van der Waals surface area contributed by atoms with Crippen molar-refractivity contribution in [2.24, 2.45) is 11.7 Å². The van der Waals surface area contributed by atoms with Gasteiger partial charge in [-0.2, -0.15) is 0 Å². The van der Waals surface area contributed by atoms with Gasteiger partial charge in [0.15, 0.2) is 0 Å². The number of benzene rings is 1. The van der Waals surface area contributed by atoms with Gasteiger partial charge in [0.25, 0.3) is 0 Å². The summed E-state index contributed by atoms with van der Waals surface area (Å²) in [4.78, 5) is 2.38. The van der Waals surface area contributed by atoms with Crippen LogP contribution in [0.25, 0.3) is 0 Å². The molecule has 0 amide bonds. The van der Waals surface area contributed by atoms with Crippen LogP contribution in [0, 0.1) is 5.92 Å². The number of nitrogens with two attached hydrogens (primary N) is 1. The molecule has 0 heterocycles. The Hall–Kier alpha value is -0.860. The fourth-order valence-electron chi connectivity index (χ4n) is 3.84. The van der Waals surface area contributed by atoms with Gasteiger partial charge >= 0.3 is 0 Å². The molecule has 0 radical (unpaired) electrons. The minimum absolute atomic E-state index is 0.108. The molecule has 0 aromatic heterocycles. The highest BCUT2D eigenvalue weighted by Gasteiger charge is 2.41. The molecule has 0 saturated heterocycles. The average molecular weight is 288 g/mol. The highest BCUT2D eigenvalue weighted by atomic mass is 15.2. The van der Waals surface area contributed by atoms with Crippen molar-refractivity contribution >= 4 is 0 Å². The van der Waals surface area contributed by atoms with E-state index in [9.17, 15) is 0 Å². The quantitative estimate of drug-likeness (QED) is 0.882. The lowest BCUT2D eigenvalue weighted by atomic mass is 9.70. The Morgan fingerprint density at radius 3 is 2.52 bits per heavy atom. The van der Waals surface area contributed by atoms with Crippen molar-refractivity contribution in [3.05, 3.63) is 35.4 Å². The van der Waals surface area contributed by atoms with Crippen LogP contribution < -0.4 is 5.73 Å². The lowest BCUT2D eigenvalue weighted by Crippen LogP contribution is -2.54. The molecule has 2 rings (SSSR count). The number of nitrogens with zero attached hydrogens (tertiary/aromatic N) is 1. The topological polar surface area (TPSA) is 29.3 Å². The third kappa shape index (κ3) is 3.49. The van der Waals surface area contributed by atoms with Crippen molar-refractivity contribution in [1.29, 1.82) is 0 Å². The van der Waals surface area contributed by atoms with Gasteiger partial charge in [-0.1, -0.05) is 44.5 Å². The van der Waals surface area contributed by atoms with Crippen molar-refractivity contribution in [3.8, 4) is 0 Å². The van der Waals surface area contributed by atoms with Crippen molar-refractivity contribution in [1.82, 2.24) is 4.90 Å². The first-order valence-electron chi connectivity index (χ1n) is 8.51. The minimum Gasteiger partial charge on any atom is -0.322 e. The minimum atomic E-state index is 0.108. The zero-order valence-electron chi connectivity index (χ0n) is 14.2. The van der Waals surface area contributed by atoms with E-state index in [0.717, 1.165) is 12.3 Å². The van der Waals surface area contributed by atoms with Gasteiger partial charge in [-0.15, -0.1) is 0 Å². The van der Waals surface area contributed by atoms with Gasteiger partial charge in [0.2, 0.25) is 0 Å². The van der Waals surface area contributed by atoms with Crippen LogP contribution in [0.1, 0.15) is 63.1 Å². The third-order valence-corrected chi connectivity index (χ3v) is 5.46. The molecular weight excluding hydrogens is 256 g/mol. The van der Waals surface area contributed by atoms with E-state index in [1.807, 2.05) is 0 Å². The van der Waals surface area contributed by atoms with Crippen LogP contribution in [-0.4, -0.2) is 24.5 Å². The molecule has 1 aromatic rings. The summed E-state index contributed by atoms with van der Waals surface area (Å²) < 4.78 is 0. The number of aryl methyl sites for hydroxylation is 1. The Morgan fingerprint density at radius 1 is 1.29 bits per heavy atom. The number of hydrogen-bond acceptors (Lipinski definition) is 2. The molecule has 21 heavy (non-hydrogen) atoms. The maximum atomic E-state index is 6.77. The largest absolute Gasteiger partial charge is 0.322 e. The van der Waals surface area contributed by atoms with E-state index in [-0.39, 0.29) is 11.6 Å². The van der Waals surface area contributed by atoms with Crippen LogP contribution in [0.5, 0.6) is 0 Å². The van der Waals surface area contributed by atoms with Crippen LogP contribution >= 0.6 is 0 Å². The molecule has 0 spiro atoms. The zero-order chi connectivity index (χ0) is 15.5. The Bertz CT molecular complexity index is 445. The summed E-state index contributed by atoms with van der Waals surface area (Å²) in [6.07, 6.45) is 7.34. The number of rotatable bonds is 5. The van der Waals surface area contributed by atoms with Gasteiger partial charge in [0.05, 0.1) is 0 Å². The molecule has 1 atom stereocenters. The van der Waals surface area contributed by atoms with E-state index in [4.69, 9.17) is 5.73 Å². The molecule has 118 valence electrons. The number of likely N-dealkylation sites (N-methyl/N-ethyl adjacent to an activating group) is 1. The van der Waals surface area contributed by atoms with Crippen molar-refractivity contribution < 1.29 is 0 Å². The van der Waals surface area contributed by atoms with Crippen molar-refractivity contribution in [2.75, 3.05) is 14.1 Å². The SMILES string of the molecule is CCCc1cccc(C(N)C2(N(C)C)CCC(C)CC2)c1. The molecular formula is C19H32N2. The summed E-state index contributed by atoms with van der Waals surface area (Å²) in [6.45, 7) is 4.60. The lowest BCUT2D eigenvalue weighted by molar-refractivity contribution is 0.0564. The van der Waals surface area contributed by atoms with Crippen LogP contribution in [0.4, 0.5) is 0 Å². The Balaban J connectivity index is 2.26. The third-order valence-electron chi connectivity index (χ3n) is 5.46. The van der Waals surface area contributed by atoms with E-state index >= 15 is 0 Å². The molecule has 1 aliphatic rings. The maximum absolute atomic E-state index is 6.77. The van der Waals surface area contributed by atoms with E-state index in [1.165, 1.54) is 43.2 Å². The van der Waals surface area contributed by atoms with E-state index in [0.29, 0.717) is 0 Å². The average Bonchev–Trinajstić information content (AvgIpc) is 2.48. The molecule has 1 aliphatic carbocycles. The fraction of sp³-hybridized carbons (Fsp3) is 0.684. The van der Waals surface area contributed by atoms with Crippen LogP contribution in [-0.2, 0) is 6.42 Å². The maximum Gasteiger partial charge on any atom is 0.0482 e. The predicted octanol–water partition coefficient (Wildman–Crippen LogP) is 4.15. The van der Waals surface area contributed by atoms with E-state index in [1.54, 1.807) is 0 Å². The van der Waals surface area contributed by atoms with Gasteiger partial charge in [-0.25, -0.2) is 0 Å². The van der Waals surface area contributed by atoms with E-state index < -0.39 is 0 Å². The van der Waals surface area contributed by atoms with Gasteiger partial charge in [-0.3, -0.25) is 0 Å². The predicted molar refractivity (Wildman–Crippen MR) is 91.4 cm³/mol. The van der Waals surface area contributed by atoms with Gasteiger partial charge in [-0.05, 0) is 63.2 Å². The van der Waals surface area contributed by atoms with Crippen LogP contribution in [0.3, 0.4) is 0 Å². The standard InChI is InChI=1S/C19H32N2/c1-5-7-16-8-6-9-17(14-16)18(20)19(21(3)4)12-10-15(2)11-13-19/h6,8-9,14-15,18H,5,7,10-13,20H2,1-4H3. The first-order chi connectivity index (χ1) is 9.99. The number of hydrogen-bond donors (Lipinski definition) is 1. The molecule has 2 nitrogen and oxygen atoms in total. The van der Waals surface area contributed by atoms with Crippen molar-refractivity contribution in [2.45, 2.75) is 64.0 Å². The first-order valence-corrected chi connectivity index (χ1v) is 8.51. The Morgan fingerprint density at radius 2 is 1.95 bits per heavy atom.